The minimum absolute atomic E-state index is 0.193. The lowest BCUT2D eigenvalue weighted by atomic mass is 9.97. The molecule has 0 saturated heterocycles. The van der Waals surface area contributed by atoms with Gasteiger partial charge in [-0.15, -0.1) is 11.3 Å². The van der Waals surface area contributed by atoms with Gasteiger partial charge >= 0.3 is 0 Å². The van der Waals surface area contributed by atoms with Gasteiger partial charge in [0.05, 0.1) is 18.0 Å². The molecule has 1 aliphatic heterocycles. The number of anilines is 2. The van der Waals surface area contributed by atoms with E-state index in [1.807, 2.05) is 18.2 Å². The first-order valence-corrected chi connectivity index (χ1v) is 13.8. The van der Waals surface area contributed by atoms with Gasteiger partial charge in [-0.1, -0.05) is 25.7 Å². The standard InChI is InChI=1S/C26H28BrN5O3S/c27-18-14-22-26(29-15-18)35-12-11-32(22)16-20-5-6-23(36-20)25(34)31-21(13-17-3-1-2-4-17)24(33)30-19-7-9-28-10-8-19/h5-10,14-15,17,21H,1-4,11-13,16H2,(H,31,34)(H,28,30,33)/t21-/m0/s1. The fourth-order valence-corrected chi connectivity index (χ4v) is 6.01. The van der Waals surface area contributed by atoms with E-state index in [1.165, 1.54) is 24.2 Å². The molecule has 1 fully saturated rings. The lowest BCUT2D eigenvalue weighted by Gasteiger charge is -2.30. The molecule has 0 radical (unpaired) electrons. The summed E-state index contributed by atoms with van der Waals surface area (Å²) in [6.45, 7) is 1.96. The largest absolute Gasteiger partial charge is 0.474 e. The Hall–Kier alpha value is -2.98. The third-order valence-corrected chi connectivity index (χ3v) is 8.09. The molecule has 188 valence electrons. The second-order valence-corrected chi connectivity index (χ2v) is 11.2. The van der Waals surface area contributed by atoms with Gasteiger partial charge in [-0.2, -0.15) is 0 Å². The van der Waals surface area contributed by atoms with Crippen LogP contribution in [-0.4, -0.2) is 41.0 Å². The highest BCUT2D eigenvalue weighted by Gasteiger charge is 2.28. The smallest absolute Gasteiger partial charge is 0.262 e. The predicted molar refractivity (Wildman–Crippen MR) is 143 cm³/mol. The van der Waals surface area contributed by atoms with Gasteiger partial charge in [0.15, 0.2) is 0 Å². The van der Waals surface area contributed by atoms with E-state index in [2.05, 4.69) is 41.4 Å². The van der Waals surface area contributed by atoms with Crippen molar-refractivity contribution >= 4 is 50.5 Å². The molecule has 2 amide bonds. The molecule has 0 spiro atoms. The predicted octanol–water partition coefficient (Wildman–Crippen LogP) is 5.02. The van der Waals surface area contributed by atoms with Crippen LogP contribution in [0.1, 0.15) is 46.7 Å². The van der Waals surface area contributed by atoms with Crippen LogP contribution in [0, 0.1) is 5.92 Å². The van der Waals surface area contributed by atoms with Crippen molar-refractivity contribution in [3.05, 3.63) is 63.1 Å². The van der Waals surface area contributed by atoms with Crippen LogP contribution in [0.5, 0.6) is 5.88 Å². The first-order valence-electron chi connectivity index (χ1n) is 12.2. The van der Waals surface area contributed by atoms with Crippen molar-refractivity contribution in [2.45, 2.75) is 44.7 Å². The Labute approximate surface area is 222 Å². The molecule has 2 aliphatic rings. The Morgan fingerprint density at radius 2 is 2.00 bits per heavy atom. The summed E-state index contributed by atoms with van der Waals surface area (Å²) in [5, 5.41) is 5.94. The summed E-state index contributed by atoms with van der Waals surface area (Å²) in [6.07, 6.45) is 10.2. The van der Waals surface area contributed by atoms with Crippen molar-refractivity contribution < 1.29 is 14.3 Å². The van der Waals surface area contributed by atoms with Crippen LogP contribution in [0.2, 0.25) is 0 Å². The quantitative estimate of drug-likeness (QED) is 0.395. The molecular formula is C26H28BrN5O3S. The zero-order valence-corrected chi connectivity index (χ0v) is 22.2. The number of halogens is 1. The third kappa shape index (κ3) is 6.04. The Morgan fingerprint density at radius 1 is 1.19 bits per heavy atom. The number of nitrogens with zero attached hydrogens (tertiary/aromatic N) is 3. The average Bonchev–Trinajstić information content (AvgIpc) is 3.57. The Kier molecular flexibility index (Phi) is 7.81. The van der Waals surface area contributed by atoms with E-state index in [4.69, 9.17) is 4.74 Å². The summed E-state index contributed by atoms with van der Waals surface area (Å²) in [4.78, 5) is 38.5. The molecule has 1 aliphatic carbocycles. The van der Waals surface area contributed by atoms with E-state index in [1.54, 1.807) is 30.7 Å². The van der Waals surface area contributed by atoms with Gasteiger partial charge in [0.2, 0.25) is 11.8 Å². The van der Waals surface area contributed by atoms with E-state index in [9.17, 15) is 9.59 Å². The minimum Gasteiger partial charge on any atom is -0.474 e. The maximum Gasteiger partial charge on any atom is 0.262 e. The van der Waals surface area contributed by atoms with Crippen LogP contribution >= 0.6 is 27.3 Å². The van der Waals surface area contributed by atoms with Crippen molar-refractivity contribution in [1.29, 1.82) is 0 Å². The monoisotopic (exact) mass is 569 g/mol. The molecule has 5 rings (SSSR count). The average molecular weight is 571 g/mol. The molecule has 3 aromatic rings. The van der Waals surface area contributed by atoms with Crippen LogP contribution in [0.15, 0.2) is 53.4 Å². The number of carbonyl (C=O) groups excluding carboxylic acids is 2. The number of carbonyl (C=O) groups is 2. The normalized spacial score (nSPS) is 16.2. The number of hydrogen-bond donors (Lipinski definition) is 2. The van der Waals surface area contributed by atoms with Crippen molar-refractivity contribution in [2.24, 2.45) is 5.92 Å². The summed E-state index contributed by atoms with van der Waals surface area (Å²) >= 11 is 4.93. The molecule has 10 heteroatoms. The molecule has 3 aromatic heterocycles. The van der Waals surface area contributed by atoms with E-state index in [-0.39, 0.29) is 11.8 Å². The van der Waals surface area contributed by atoms with Crippen LogP contribution in [0.4, 0.5) is 11.4 Å². The van der Waals surface area contributed by atoms with Crippen molar-refractivity contribution in [3.63, 3.8) is 0 Å². The van der Waals surface area contributed by atoms with Gasteiger partial charge in [-0.05, 0) is 58.6 Å². The number of ether oxygens (including phenoxy) is 1. The number of aromatic nitrogens is 2. The molecule has 0 bridgehead atoms. The summed E-state index contributed by atoms with van der Waals surface area (Å²) < 4.78 is 6.57. The Bertz CT molecular complexity index is 1220. The lowest BCUT2D eigenvalue weighted by molar-refractivity contribution is -0.118. The molecule has 0 unspecified atom stereocenters. The maximum atomic E-state index is 13.2. The topological polar surface area (TPSA) is 96.5 Å². The van der Waals surface area contributed by atoms with E-state index >= 15 is 0 Å². The minimum atomic E-state index is -0.589. The van der Waals surface area contributed by atoms with Crippen LogP contribution < -0.4 is 20.3 Å². The van der Waals surface area contributed by atoms with E-state index < -0.39 is 6.04 Å². The lowest BCUT2D eigenvalue weighted by Crippen LogP contribution is -2.44. The van der Waals surface area contributed by atoms with Gasteiger partial charge in [0, 0.05) is 33.6 Å². The SMILES string of the molecule is O=C(N[C@@H](CC1CCCC1)C(=O)Nc1ccncc1)c1ccc(CN2CCOc3ncc(Br)cc32)s1. The second-order valence-electron chi connectivity index (χ2n) is 9.15. The number of rotatable bonds is 8. The first-order chi connectivity index (χ1) is 17.5. The van der Waals surface area contributed by atoms with Gasteiger partial charge < -0.3 is 20.3 Å². The molecule has 2 N–H and O–H groups in total. The number of amides is 2. The molecule has 36 heavy (non-hydrogen) atoms. The zero-order valence-electron chi connectivity index (χ0n) is 19.8. The zero-order chi connectivity index (χ0) is 24.9. The highest BCUT2D eigenvalue weighted by molar-refractivity contribution is 9.10. The highest BCUT2D eigenvalue weighted by atomic mass is 79.9. The van der Waals surface area contributed by atoms with Gasteiger partial charge in [-0.3, -0.25) is 14.6 Å². The molecule has 1 saturated carbocycles. The van der Waals surface area contributed by atoms with E-state index in [0.717, 1.165) is 34.4 Å². The Balaban J connectivity index is 1.26. The number of pyridine rings is 2. The number of hydrogen-bond acceptors (Lipinski definition) is 7. The molecular weight excluding hydrogens is 542 g/mol. The molecule has 4 heterocycles. The van der Waals surface area contributed by atoms with Crippen LogP contribution in [-0.2, 0) is 11.3 Å². The summed E-state index contributed by atoms with van der Waals surface area (Å²) in [7, 11) is 0. The molecule has 0 aromatic carbocycles. The van der Waals surface area contributed by atoms with Crippen molar-refractivity contribution in [3.8, 4) is 5.88 Å². The van der Waals surface area contributed by atoms with Gasteiger partial charge in [0.25, 0.3) is 5.91 Å². The first kappa shape index (κ1) is 24.7. The summed E-state index contributed by atoms with van der Waals surface area (Å²) in [6, 6.07) is 8.71. The number of nitrogens with one attached hydrogen (secondary N) is 2. The number of thiophene rings is 1. The van der Waals surface area contributed by atoms with Crippen LogP contribution in [0.25, 0.3) is 0 Å². The third-order valence-electron chi connectivity index (χ3n) is 6.59. The number of fused-ring (bicyclic) bond motifs is 1. The maximum absolute atomic E-state index is 13.2. The summed E-state index contributed by atoms with van der Waals surface area (Å²) in [5.74, 6) is 0.660. The van der Waals surface area contributed by atoms with Crippen molar-refractivity contribution in [1.82, 2.24) is 15.3 Å². The fraction of sp³-hybridized carbons (Fsp3) is 0.385. The fourth-order valence-electron chi connectivity index (χ4n) is 4.77. The van der Waals surface area contributed by atoms with Gasteiger partial charge in [0.1, 0.15) is 18.3 Å². The summed E-state index contributed by atoms with van der Waals surface area (Å²) in [5.41, 5.74) is 1.60. The Morgan fingerprint density at radius 3 is 2.81 bits per heavy atom. The molecule has 1 atom stereocenters. The second kappa shape index (κ2) is 11.4. The highest BCUT2D eigenvalue weighted by Crippen LogP contribution is 2.34. The van der Waals surface area contributed by atoms with Crippen LogP contribution in [0.3, 0.4) is 0 Å². The van der Waals surface area contributed by atoms with Gasteiger partial charge in [-0.25, -0.2) is 4.98 Å². The van der Waals surface area contributed by atoms with E-state index in [0.29, 0.717) is 41.9 Å². The molecule has 8 nitrogen and oxygen atoms in total. The van der Waals surface area contributed by atoms with Crippen molar-refractivity contribution in [2.75, 3.05) is 23.4 Å².